The smallest absolute Gasteiger partial charge is 0.306 e. The monoisotopic (exact) mass is 582 g/mol. The zero-order valence-corrected chi connectivity index (χ0v) is 24.6. The summed E-state index contributed by atoms with van der Waals surface area (Å²) in [4.78, 5) is 33.7. The summed E-state index contributed by atoms with van der Waals surface area (Å²) in [5, 5.41) is 32.6. The maximum absolute atomic E-state index is 11.6. The maximum Gasteiger partial charge on any atom is 0.306 e. The fourth-order valence-corrected chi connectivity index (χ4v) is 3.17. The molecule has 4 N–H and O–H groups in total. The lowest BCUT2D eigenvalue weighted by Crippen LogP contribution is -2.23. The molecular formula is C28H54O12. The van der Waals surface area contributed by atoms with Gasteiger partial charge in [-0.25, -0.2) is 0 Å². The number of unbranched alkanes of at least 4 members (excludes halogenated alkanes) is 4. The Kier molecular flexibility index (Phi) is 31.9. The van der Waals surface area contributed by atoms with Crippen LogP contribution in [0.2, 0.25) is 0 Å². The third-order valence-corrected chi connectivity index (χ3v) is 5.21. The summed E-state index contributed by atoms with van der Waals surface area (Å²) < 4.78 is 26.0. The molecule has 1 fully saturated rings. The average Bonchev–Trinajstić information content (AvgIpc) is 3.18. The number of esters is 3. The second-order valence-corrected chi connectivity index (χ2v) is 9.30. The fraction of sp³-hybridized carbons (Fsp3) is 0.893. The first-order chi connectivity index (χ1) is 19.3. The van der Waals surface area contributed by atoms with Crippen LogP contribution in [0.5, 0.6) is 0 Å². The molecule has 0 aromatic carbocycles. The third kappa shape index (κ3) is 32.4. The summed E-state index contributed by atoms with van der Waals surface area (Å²) in [5.41, 5.74) is 0. The first-order valence-corrected chi connectivity index (χ1v) is 14.4. The molecule has 1 aliphatic heterocycles. The van der Waals surface area contributed by atoms with E-state index in [4.69, 9.17) is 44.1 Å². The Hall–Kier alpha value is -1.83. The Labute approximate surface area is 239 Å². The van der Waals surface area contributed by atoms with Gasteiger partial charge in [0.2, 0.25) is 0 Å². The predicted molar refractivity (Wildman–Crippen MR) is 147 cm³/mol. The van der Waals surface area contributed by atoms with Crippen LogP contribution in [-0.2, 0) is 38.1 Å². The number of hydrogen-bond acceptors (Lipinski definition) is 12. The fourth-order valence-electron chi connectivity index (χ4n) is 3.17. The number of aliphatic hydroxyl groups excluding tert-OH is 4. The van der Waals surface area contributed by atoms with E-state index in [1.807, 2.05) is 0 Å². The molecule has 0 spiro atoms. The Morgan fingerprint density at radius 2 is 1.18 bits per heavy atom. The summed E-state index contributed by atoms with van der Waals surface area (Å²) in [6.07, 6.45) is 8.34. The van der Waals surface area contributed by atoms with Crippen molar-refractivity contribution in [2.24, 2.45) is 0 Å². The summed E-state index contributed by atoms with van der Waals surface area (Å²) in [7, 11) is 0. The number of hydrogen-bond donors (Lipinski definition) is 4. The molecule has 2 atom stereocenters. The second kappa shape index (κ2) is 31.7. The molecule has 238 valence electrons. The van der Waals surface area contributed by atoms with Crippen LogP contribution in [0.1, 0.15) is 90.9 Å². The van der Waals surface area contributed by atoms with Gasteiger partial charge in [0.1, 0.15) is 12.2 Å². The lowest BCUT2D eigenvalue weighted by atomic mass is 10.2. The molecule has 1 saturated heterocycles. The number of rotatable bonds is 20. The normalized spacial score (nSPS) is 14.3. The SMILES string of the molecule is CC(COCCOCC(C)OC(=O)CCCCCO)OC(=O)CCCCCO.O=C1CCCCCO1.OCCO. The largest absolute Gasteiger partial charge is 0.466 e. The molecule has 2 unspecified atom stereocenters. The van der Waals surface area contributed by atoms with Gasteiger partial charge in [-0.05, 0) is 58.8 Å². The van der Waals surface area contributed by atoms with Crippen molar-refractivity contribution in [2.75, 3.05) is 59.5 Å². The number of carbonyl (C=O) groups excluding carboxylic acids is 3. The average molecular weight is 583 g/mol. The molecule has 0 saturated carbocycles. The first kappa shape index (κ1) is 40.3. The minimum Gasteiger partial charge on any atom is -0.466 e. The van der Waals surface area contributed by atoms with Gasteiger partial charge in [-0.3, -0.25) is 14.4 Å². The molecule has 0 aromatic rings. The van der Waals surface area contributed by atoms with Crippen LogP contribution in [0.15, 0.2) is 0 Å². The molecule has 0 aliphatic carbocycles. The molecular weight excluding hydrogens is 528 g/mol. The molecule has 12 heteroatoms. The van der Waals surface area contributed by atoms with Crippen molar-refractivity contribution in [1.82, 2.24) is 0 Å². The van der Waals surface area contributed by atoms with Gasteiger partial charge >= 0.3 is 17.9 Å². The molecule has 40 heavy (non-hydrogen) atoms. The number of aliphatic hydroxyl groups is 4. The standard InChI is InChI=1S/C20H38O8.C6H10O2.C2H6O2/c1-17(27-19(23)9-5-3-7-11-21)15-25-13-14-26-16-18(2)28-20(24)10-6-4-8-12-22;7-6-4-2-1-3-5-8-6;3-1-2-4/h17-18,21-22H,3-16H2,1-2H3;1-5H2;3-4H,1-2H2. The van der Waals surface area contributed by atoms with E-state index in [1.165, 1.54) is 0 Å². The number of cyclic esters (lactones) is 1. The highest BCUT2D eigenvalue weighted by Crippen LogP contribution is 2.07. The lowest BCUT2D eigenvalue weighted by molar-refractivity contribution is -0.153. The molecule has 0 radical (unpaired) electrons. The van der Waals surface area contributed by atoms with E-state index in [1.54, 1.807) is 13.8 Å². The van der Waals surface area contributed by atoms with Crippen molar-refractivity contribution in [2.45, 2.75) is 103 Å². The van der Waals surface area contributed by atoms with Crippen molar-refractivity contribution in [3.63, 3.8) is 0 Å². The van der Waals surface area contributed by atoms with Crippen LogP contribution in [0.4, 0.5) is 0 Å². The highest BCUT2D eigenvalue weighted by atomic mass is 16.6. The Bertz CT molecular complexity index is 540. The molecule has 12 nitrogen and oxygen atoms in total. The minimum absolute atomic E-state index is 0.0255. The molecule has 1 aliphatic rings. The van der Waals surface area contributed by atoms with Crippen LogP contribution >= 0.6 is 0 Å². The number of ether oxygens (including phenoxy) is 5. The van der Waals surface area contributed by atoms with Crippen LogP contribution in [-0.4, -0.2) is 110 Å². The van der Waals surface area contributed by atoms with E-state index >= 15 is 0 Å². The zero-order valence-electron chi connectivity index (χ0n) is 24.6. The Morgan fingerprint density at radius 3 is 1.60 bits per heavy atom. The van der Waals surface area contributed by atoms with Gasteiger partial charge in [0.25, 0.3) is 0 Å². The van der Waals surface area contributed by atoms with E-state index < -0.39 is 0 Å². The lowest BCUT2D eigenvalue weighted by Gasteiger charge is -2.15. The topological polar surface area (TPSA) is 178 Å². The van der Waals surface area contributed by atoms with Crippen LogP contribution < -0.4 is 0 Å². The van der Waals surface area contributed by atoms with E-state index in [0.29, 0.717) is 78.0 Å². The number of carbonyl (C=O) groups is 3. The van der Waals surface area contributed by atoms with Crippen molar-refractivity contribution < 1.29 is 58.5 Å². The zero-order chi connectivity index (χ0) is 30.3. The first-order valence-electron chi connectivity index (χ1n) is 14.4. The van der Waals surface area contributed by atoms with Gasteiger partial charge in [-0.15, -0.1) is 0 Å². The van der Waals surface area contributed by atoms with E-state index in [9.17, 15) is 14.4 Å². The van der Waals surface area contributed by atoms with Crippen LogP contribution in [0, 0.1) is 0 Å². The highest BCUT2D eigenvalue weighted by molar-refractivity contribution is 5.70. The second-order valence-electron chi connectivity index (χ2n) is 9.30. The molecule has 0 amide bonds. The highest BCUT2D eigenvalue weighted by Gasteiger charge is 2.11. The summed E-state index contributed by atoms with van der Waals surface area (Å²) in [6.45, 7) is 5.54. The van der Waals surface area contributed by atoms with E-state index in [2.05, 4.69) is 0 Å². The third-order valence-electron chi connectivity index (χ3n) is 5.21. The van der Waals surface area contributed by atoms with Gasteiger partial charge in [-0.2, -0.15) is 0 Å². The Balaban J connectivity index is 0. The predicted octanol–water partition coefficient (Wildman–Crippen LogP) is 2.06. The van der Waals surface area contributed by atoms with Crippen molar-refractivity contribution in [3.8, 4) is 0 Å². The van der Waals surface area contributed by atoms with Gasteiger partial charge in [-0.1, -0.05) is 12.8 Å². The minimum atomic E-state index is -0.323. The quantitative estimate of drug-likeness (QED) is 0.0934. The Morgan fingerprint density at radius 1 is 0.700 bits per heavy atom. The van der Waals surface area contributed by atoms with Gasteiger partial charge in [0, 0.05) is 32.5 Å². The van der Waals surface area contributed by atoms with Gasteiger partial charge in [0.05, 0.1) is 46.2 Å². The van der Waals surface area contributed by atoms with Crippen molar-refractivity contribution >= 4 is 17.9 Å². The van der Waals surface area contributed by atoms with Crippen LogP contribution in [0.25, 0.3) is 0 Å². The summed E-state index contributed by atoms with van der Waals surface area (Å²) in [6, 6.07) is 0. The maximum atomic E-state index is 11.6. The molecule has 1 rings (SSSR count). The van der Waals surface area contributed by atoms with E-state index in [-0.39, 0.29) is 56.5 Å². The van der Waals surface area contributed by atoms with Crippen molar-refractivity contribution in [3.05, 3.63) is 0 Å². The van der Waals surface area contributed by atoms with Gasteiger partial charge < -0.3 is 44.1 Å². The van der Waals surface area contributed by atoms with Crippen molar-refractivity contribution in [1.29, 1.82) is 0 Å². The molecule has 1 heterocycles. The van der Waals surface area contributed by atoms with Gasteiger partial charge in [0.15, 0.2) is 0 Å². The van der Waals surface area contributed by atoms with Crippen LogP contribution in [0.3, 0.4) is 0 Å². The summed E-state index contributed by atoms with van der Waals surface area (Å²) >= 11 is 0. The summed E-state index contributed by atoms with van der Waals surface area (Å²) in [5.74, 6) is -0.530. The molecule has 0 bridgehead atoms. The van der Waals surface area contributed by atoms with E-state index in [0.717, 1.165) is 32.1 Å². The molecule has 0 aromatic heterocycles.